The quantitative estimate of drug-likeness (QED) is 0.432. The molecule has 2 bridgehead atoms. The second-order valence-electron chi connectivity index (χ2n) is 7.17. The Morgan fingerprint density at radius 2 is 1.15 bits per heavy atom. The van der Waals surface area contributed by atoms with Crippen molar-refractivity contribution >= 4 is 21.5 Å². The molecule has 27 heavy (non-hydrogen) atoms. The minimum atomic E-state index is -0.136. The third-order valence-corrected chi connectivity index (χ3v) is 5.80. The molecule has 2 aliphatic rings. The van der Waals surface area contributed by atoms with Gasteiger partial charge in [0.2, 0.25) is 0 Å². The SMILES string of the molecule is CCN1[C@@H]2Oc3ccc4ccccc4c3[C@H]1Oc1ccc3ccccc3c12. The zero-order valence-electron chi connectivity index (χ0n) is 15.1. The Labute approximate surface area is 157 Å². The summed E-state index contributed by atoms with van der Waals surface area (Å²) < 4.78 is 13.2. The lowest BCUT2D eigenvalue weighted by Gasteiger charge is -2.47. The van der Waals surface area contributed by atoms with Gasteiger partial charge in [0.05, 0.1) is 11.1 Å². The molecule has 6 rings (SSSR count). The van der Waals surface area contributed by atoms with Crippen molar-refractivity contribution in [1.29, 1.82) is 0 Å². The fourth-order valence-corrected chi connectivity index (χ4v) is 4.55. The lowest BCUT2D eigenvalue weighted by atomic mass is 9.95. The minimum absolute atomic E-state index is 0.136. The second kappa shape index (κ2) is 5.48. The average Bonchev–Trinajstić information content (AvgIpc) is 2.72. The molecule has 0 aromatic heterocycles. The van der Waals surface area contributed by atoms with Gasteiger partial charge in [-0.05, 0) is 33.7 Å². The van der Waals surface area contributed by atoms with Gasteiger partial charge in [-0.25, -0.2) is 4.90 Å². The number of rotatable bonds is 1. The molecule has 0 amide bonds. The van der Waals surface area contributed by atoms with Gasteiger partial charge in [0.25, 0.3) is 0 Å². The highest BCUT2D eigenvalue weighted by Crippen LogP contribution is 2.52. The van der Waals surface area contributed by atoms with Gasteiger partial charge in [-0.3, -0.25) is 0 Å². The van der Waals surface area contributed by atoms with E-state index in [0.717, 1.165) is 29.2 Å². The summed E-state index contributed by atoms with van der Waals surface area (Å²) in [5, 5.41) is 4.81. The van der Waals surface area contributed by atoms with Gasteiger partial charge >= 0.3 is 0 Å². The molecule has 0 unspecified atom stereocenters. The molecule has 4 aromatic carbocycles. The van der Waals surface area contributed by atoms with Crippen molar-refractivity contribution in [3.63, 3.8) is 0 Å². The maximum absolute atomic E-state index is 6.59. The first-order chi connectivity index (χ1) is 13.3. The Morgan fingerprint density at radius 1 is 0.667 bits per heavy atom. The van der Waals surface area contributed by atoms with E-state index in [1.807, 2.05) is 0 Å². The summed E-state index contributed by atoms with van der Waals surface area (Å²) in [6.45, 7) is 3.01. The number of hydrogen-bond donors (Lipinski definition) is 0. The van der Waals surface area contributed by atoms with Gasteiger partial charge in [-0.15, -0.1) is 0 Å². The van der Waals surface area contributed by atoms with E-state index in [1.165, 1.54) is 21.5 Å². The van der Waals surface area contributed by atoms with Crippen molar-refractivity contribution in [2.45, 2.75) is 19.4 Å². The molecule has 132 valence electrons. The third-order valence-electron chi connectivity index (χ3n) is 5.80. The predicted octanol–water partition coefficient (Wildman–Crippen LogP) is 5.80. The van der Waals surface area contributed by atoms with Crippen LogP contribution in [0.15, 0.2) is 72.8 Å². The maximum atomic E-state index is 6.59. The van der Waals surface area contributed by atoms with E-state index in [4.69, 9.17) is 9.47 Å². The summed E-state index contributed by atoms with van der Waals surface area (Å²) in [7, 11) is 0. The van der Waals surface area contributed by atoms with Crippen molar-refractivity contribution < 1.29 is 9.47 Å². The highest BCUT2D eigenvalue weighted by molar-refractivity contribution is 5.90. The van der Waals surface area contributed by atoms with Crippen molar-refractivity contribution in [3.05, 3.63) is 83.9 Å². The van der Waals surface area contributed by atoms with Crippen molar-refractivity contribution in [2.24, 2.45) is 0 Å². The van der Waals surface area contributed by atoms with E-state index in [1.54, 1.807) is 0 Å². The molecule has 0 N–H and O–H groups in total. The van der Waals surface area contributed by atoms with E-state index in [0.29, 0.717) is 0 Å². The first kappa shape index (κ1) is 15.1. The second-order valence-corrected chi connectivity index (χ2v) is 7.17. The first-order valence-electron chi connectivity index (χ1n) is 9.47. The molecule has 2 atom stereocenters. The highest BCUT2D eigenvalue weighted by atomic mass is 16.6. The fraction of sp³-hybridized carbons (Fsp3) is 0.167. The van der Waals surface area contributed by atoms with Gasteiger partial charge in [0, 0.05) is 6.54 Å². The molecule has 2 heterocycles. The zero-order valence-corrected chi connectivity index (χ0v) is 15.1. The topological polar surface area (TPSA) is 21.7 Å². The van der Waals surface area contributed by atoms with E-state index in [9.17, 15) is 0 Å². The van der Waals surface area contributed by atoms with Gasteiger partial charge in [-0.2, -0.15) is 0 Å². The Hall–Kier alpha value is -3.04. The summed E-state index contributed by atoms with van der Waals surface area (Å²) in [4.78, 5) is 2.31. The summed E-state index contributed by atoms with van der Waals surface area (Å²) in [5.74, 6) is 1.85. The number of hydrogen-bond acceptors (Lipinski definition) is 3. The van der Waals surface area contributed by atoms with Crippen LogP contribution < -0.4 is 9.47 Å². The smallest absolute Gasteiger partial charge is 0.186 e. The van der Waals surface area contributed by atoms with Crippen LogP contribution in [0.5, 0.6) is 11.5 Å². The summed E-state index contributed by atoms with van der Waals surface area (Å²) in [5.41, 5.74) is 2.26. The molecule has 0 aliphatic carbocycles. The van der Waals surface area contributed by atoms with Crippen molar-refractivity contribution in [2.75, 3.05) is 6.54 Å². The van der Waals surface area contributed by atoms with Crippen LogP contribution in [-0.2, 0) is 0 Å². The molecule has 0 radical (unpaired) electrons. The lowest BCUT2D eigenvalue weighted by molar-refractivity contribution is -0.118. The molecule has 0 saturated heterocycles. The largest absolute Gasteiger partial charge is 0.470 e. The molecule has 3 heteroatoms. The maximum Gasteiger partial charge on any atom is 0.186 e. The predicted molar refractivity (Wildman–Crippen MR) is 107 cm³/mol. The van der Waals surface area contributed by atoms with Crippen LogP contribution in [0.3, 0.4) is 0 Å². The summed E-state index contributed by atoms with van der Waals surface area (Å²) in [6, 6.07) is 25.3. The van der Waals surface area contributed by atoms with E-state index in [-0.39, 0.29) is 12.5 Å². The van der Waals surface area contributed by atoms with Gasteiger partial charge in [-0.1, -0.05) is 67.6 Å². The Kier molecular flexibility index (Phi) is 3.06. The Balaban J connectivity index is 1.63. The van der Waals surface area contributed by atoms with Crippen LogP contribution in [0.4, 0.5) is 0 Å². The first-order valence-corrected chi connectivity index (χ1v) is 9.47. The molecular formula is C24H19NO2. The number of nitrogens with zero attached hydrogens (tertiary/aromatic N) is 1. The van der Waals surface area contributed by atoms with Crippen LogP contribution in [0, 0.1) is 0 Å². The van der Waals surface area contributed by atoms with Crippen molar-refractivity contribution in [3.8, 4) is 11.5 Å². The summed E-state index contributed by atoms with van der Waals surface area (Å²) in [6.07, 6.45) is -0.271. The van der Waals surface area contributed by atoms with Crippen molar-refractivity contribution in [1.82, 2.24) is 4.90 Å². The monoisotopic (exact) mass is 353 g/mol. The van der Waals surface area contributed by atoms with Crippen LogP contribution in [0.1, 0.15) is 30.5 Å². The standard InChI is InChI=1S/C24H19NO2/c1-2-25-23-21-17-9-5-3-7-15(17)11-13-19(21)26-24(25)22-18-10-6-4-8-16(18)12-14-20(22)27-23/h3-14,23-24H,2H2,1H3/t23-,24-/m1/s1. The number of benzene rings is 4. The van der Waals surface area contributed by atoms with Gasteiger partial charge in [0.15, 0.2) is 12.5 Å². The lowest BCUT2D eigenvalue weighted by Crippen LogP contribution is -2.45. The van der Waals surface area contributed by atoms with Gasteiger partial charge in [0.1, 0.15) is 11.5 Å². The fourth-order valence-electron chi connectivity index (χ4n) is 4.55. The molecule has 2 aliphatic heterocycles. The zero-order chi connectivity index (χ0) is 18.0. The molecule has 0 fully saturated rings. The van der Waals surface area contributed by atoms with Crippen LogP contribution in [0.25, 0.3) is 21.5 Å². The van der Waals surface area contributed by atoms with Crippen LogP contribution in [0.2, 0.25) is 0 Å². The molecule has 0 spiro atoms. The van der Waals surface area contributed by atoms with E-state index in [2.05, 4.69) is 84.6 Å². The summed E-state index contributed by atoms with van der Waals surface area (Å²) >= 11 is 0. The molecule has 3 nitrogen and oxygen atoms in total. The average molecular weight is 353 g/mol. The normalized spacial score (nSPS) is 20.6. The van der Waals surface area contributed by atoms with Gasteiger partial charge < -0.3 is 9.47 Å². The number of ether oxygens (including phenoxy) is 2. The third kappa shape index (κ3) is 2.00. The van der Waals surface area contributed by atoms with E-state index >= 15 is 0 Å². The van der Waals surface area contributed by atoms with Crippen LogP contribution in [-0.4, -0.2) is 11.4 Å². The van der Waals surface area contributed by atoms with E-state index < -0.39 is 0 Å². The minimum Gasteiger partial charge on any atom is -0.470 e. The Morgan fingerprint density at radius 3 is 1.63 bits per heavy atom. The molecular weight excluding hydrogens is 334 g/mol. The Bertz CT molecular complexity index is 1110. The highest BCUT2D eigenvalue weighted by Gasteiger charge is 2.44. The van der Waals surface area contributed by atoms with Crippen LogP contribution >= 0.6 is 0 Å². The molecule has 4 aromatic rings. The molecule has 0 saturated carbocycles. The number of fused-ring (bicyclic) bond motifs is 10.